The molecule has 0 amide bonds. The lowest BCUT2D eigenvalue weighted by Crippen LogP contribution is -2.23. The standard InChI is InChI=1S/C13H13BrO2/c1-13(15,8-10-5-6-16-9-10)11-3-2-4-12(14)7-11/h2-7,9,15H,8H2,1H3. The van der Waals surface area contributed by atoms with Crippen LogP contribution in [0, 0.1) is 0 Å². The van der Waals surface area contributed by atoms with Gasteiger partial charge in [-0.05, 0) is 36.2 Å². The average Bonchev–Trinajstić information content (AvgIpc) is 2.70. The molecule has 16 heavy (non-hydrogen) atoms. The van der Waals surface area contributed by atoms with Gasteiger partial charge in [0.15, 0.2) is 0 Å². The Bertz CT molecular complexity index is 461. The third-order valence-corrected chi connectivity index (χ3v) is 3.07. The molecule has 0 aliphatic heterocycles. The predicted molar refractivity (Wildman–Crippen MR) is 66.1 cm³/mol. The van der Waals surface area contributed by atoms with Crippen LogP contribution in [0.3, 0.4) is 0 Å². The van der Waals surface area contributed by atoms with Gasteiger partial charge in [0.2, 0.25) is 0 Å². The minimum atomic E-state index is -0.881. The van der Waals surface area contributed by atoms with Crippen LogP contribution in [0.25, 0.3) is 0 Å². The zero-order chi connectivity index (χ0) is 11.6. The van der Waals surface area contributed by atoms with Crippen LogP contribution in [0.15, 0.2) is 51.7 Å². The fraction of sp³-hybridized carbons (Fsp3) is 0.231. The molecule has 84 valence electrons. The first-order valence-electron chi connectivity index (χ1n) is 5.07. The molecule has 1 N–H and O–H groups in total. The molecular formula is C13H13BrO2. The Balaban J connectivity index is 2.24. The predicted octanol–water partition coefficient (Wildman–Crippen LogP) is 3.49. The SMILES string of the molecule is CC(O)(Cc1ccoc1)c1cccc(Br)c1. The van der Waals surface area contributed by atoms with Crippen molar-refractivity contribution >= 4 is 15.9 Å². The third-order valence-electron chi connectivity index (χ3n) is 2.57. The second-order valence-corrected chi connectivity index (χ2v) is 5.01. The number of hydrogen-bond acceptors (Lipinski definition) is 2. The Labute approximate surface area is 103 Å². The lowest BCUT2D eigenvalue weighted by Gasteiger charge is -2.23. The van der Waals surface area contributed by atoms with Crippen LogP contribution in [-0.4, -0.2) is 5.11 Å². The van der Waals surface area contributed by atoms with Crippen LogP contribution in [0.5, 0.6) is 0 Å². The second kappa shape index (κ2) is 4.44. The van der Waals surface area contributed by atoms with E-state index in [0.717, 1.165) is 15.6 Å². The zero-order valence-electron chi connectivity index (χ0n) is 8.98. The van der Waals surface area contributed by atoms with E-state index in [4.69, 9.17) is 4.42 Å². The zero-order valence-corrected chi connectivity index (χ0v) is 10.6. The summed E-state index contributed by atoms with van der Waals surface area (Å²) in [6, 6.07) is 9.58. The summed E-state index contributed by atoms with van der Waals surface area (Å²) in [5.74, 6) is 0. The highest BCUT2D eigenvalue weighted by Crippen LogP contribution is 2.27. The molecular weight excluding hydrogens is 268 g/mol. The molecule has 1 unspecified atom stereocenters. The molecule has 2 aromatic rings. The lowest BCUT2D eigenvalue weighted by molar-refractivity contribution is 0.0574. The van der Waals surface area contributed by atoms with E-state index >= 15 is 0 Å². The molecule has 2 rings (SSSR count). The van der Waals surface area contributed by atoms with Crippen molar-refractivity contribution in [3.63, 3.8) is 0 Å². The fourth-order valence-corrected chi connectivity index (χ4v) is 2.12. The minimum absolute atomic E-state index is 0.542. The van der Waals surface area contributed by atoms with Gasteiger partial charge in [0.1, 0.15) is 0 Å². The van der Waals surface area contributed by atoms with Crippen molar-refractivity contribution in [2.45, 2.75) is 18.9 Å². The first-order chi connectivity index (χ1) is 7.58. The molecule has 0 radical (unpaired) electrons. The number of rotatable bonds is 3. The highest BCUT2D eigenvalue weighted by molar-refractivity contribution is 9.10. The van der Waals surface area contributed by atoms with Crippen LogP contribution in [-0.2, 0) is 12.0 Å². The van der Waals surface area contributed by atoms with E-state index in [2.05, 4.69) is 15.9 Å². The monoisotopic (exact) mass is 280 g/mol. The number of hydrogen-bond donors (Lipinski definition) is 1. The van der Waals surface area contributed by atoms with Crippen molar-refractivity contribution in [3.8, 4) is 0 Å². The highest BCUT2D eigenvalue weighted by atomic mass is 79.9. The molecule has 0 saturated carbocycles. The van der Waals surface area contributed by atoms with Gasteiger partial charge < -0.3 is 9.52 Å². The van der Waals surface area contributed by atoms with Gasteiger partial charge >= 0.3 is 0 Å². The largest absolute Gasteiger partial charge is 0.472 e. The van der Waals surface area contributed by atoms with Crippen LogP contribution < -0.4 is 0 Å². The van der Waals surface area contributed by atoms with Crippen LogP contribution in [0.2, 0.25) is 0 Å². The van der Waals surface area contributed by atoms with Gasteiger partial charge in [-0.3, -0.25) is 0 Å². The van der Waals surface area contributed by atoms with Gasteiger partial charge in [-0.25, -0.2) is 0 Å². The van der Waals surface area contributed by atoms with Crippen molar-refractivity contribution in [1.82, 2.24) is 0 Å². The van der Waals surface area contributed by atoms with Crippen molar-refractivity contribution in [2.24, 2.45) is 0 Å². The minimum Gasteiger partial charge on any atom is -0.472 e. The van der Waals surface area contributed by atoms with E-state index < -0.39 is 5.60 Å². The van der Waals surface area contributed by atoms with Gasteiger partial charge in [0.25, 0.3) is 0 Å². The molecule has 1 atom stereocenters. The Morgan fingerprint density at radius 3 is 2.81 bits per heavy atom. The maximum absolute atomic E-state index is 10.4. The van der Waals surface area contributed by atoms with Gasteiger partial charge in [-0.2, -0.15) is 0 Å². The fourth-order valence-electron chi connectivity index (χ4n) is 1.72. The maximum atomic E-state index is 10.4. The summed E-state index contributed by atoms with van der Waals surface area (Å²) in [5.41, 5.74) is 1.00. The second-order valence-electron chi connectivity index (χ2n) is 4.09. The van der Waals surface area contributed by atoms with E-state index in [9.17, 15) is 5.11 Å². The summed E-state index contributed by atoms with van der Waals surface area (Å²) >= 11 is 3.40. The molecule has 0 bridgehead atoms. The topological polar surface area (TPSA) is 33.4 Å². The smallest absolute Gasteiger partial charge is 0.0935 e. The third kappa shape index (κ3) is 2.54. The first kappa shape index (κ1) is 11.4. The van der Waals surface area contributed by atoms with E-state index in [0.29, 0.717) is 6.42 Å². The maximum Gasteiger partial charge on any atom is 0.0935 e. The molecule has 0 fully saturated rings. The van der Waals surface area contributed by atoms with Crippen LogP contribution in [0.1, 0.15) is 18.1 Å². The highest BCUT2D eigenvalue weighted by Gasteiger charge is 2.24. The van der Waals surface area contributed by atoms with E-state index in [-0.39, 0.29) is 0 Å². The normalized spacial score (nSPS) is 14.7. The summed E-state index contributed by atoms with van der Waals surface area (Å²) in [6.45, 7) is 1.81. The summed E-state index contributed by atoms with van der Waals surface area (Å²) in [6.07, 6.45) is 3.82. The Kier molecular flexibility index (Phi) is 3.17. The quantitative estimate of drug-likeness (QED) is 0.934. The molecule has 3 heteroatoms. The van der Waals surface area contributed by atoms with E-state index in [1.807, 2.05) is 37.3 Å². The summed E-state index contributed by atoms with van der Waals surface area (Å²) in [5, 5.41) is 10.4. The van der Waals surface area contributed by atoms with Gasteiger partial charge in [-0.15, -0.1) is 0 Å². The van der Waals surface area contributed by atoms with Gasteiger partial charge in [0, 0.05) is 10.9 Å². The van der Waals surface area contributed by atoms with Gasteiger partial charge in [0.05, 0.1) is 18.1 Å². The van der Waals surface area contributed by atoms with Crippen LogP contribution >= 0.6 is 15.9 Å². The average molecular weight is 281 g/mol. The Morgan fingerprint density at radius 2 is 2.19 bits per heavy atom. The molecule has 0 aliphatic carbocycles. The number of halogens is 1. The number of furan rings is 1. The van der Waals surface area contributed by atoms with Crippen molar-refractivity contribution < 1.29 is 9.52 Å². The van der Waals surface area contributed by atoms with E-state index in [1.54, 1.807) is 12.5 Å². The van der Waals surface area contributed by atoms with Crippen molar-refractivity contribution in [1.29, 1.82) is 0 Å². The molecule has 0 saturated heterocycles. The summed E-state index contributed by atoms with van der Waals surface area (Å²) in [4.78, 5) is 0. The Hall–Kier alpha value is -1.06. The molecule has 2 nitrogen and oxygen atoms in total. The van der Waals surface area contributed by atoms with E-state index in [1.165, 1.54) is 0 Å². The first-order valence-corrected chi connectivity index (χ1v) is 5.87. The Morgan fingerprint density at radius 1 is 1.38 bits per heavy atom. The molecule has 0 aliphatic rings. The molecule has 1 heterocycles. The van der Waals surface area contributed by atoms with Gasteiger partial charge in [-0.1, -0.05) is 28.1 Å². The summed E-state index contributed by atoms with van der Waals surface area (Å²) in [7, 11) is 0. The molecule has 1 aromatic heterocycles. The van der Waals surface area contributed by atoms with Crippen molar-refractivity contribution in [2.75, 3.05) is 0 Å². The number of benzene rings is 1. The summed E-state index contributed by atoms with van der Waals surface area (Å²) < 4.78 is 5.97. The molecule has 0 spiro atoms. The lowest BCUT2D eigenvalue weighted by atomic mass is 9.90. The molecule has 1 aromatic carbocycles. The van der Waals surface area contributed by atoms with Crippen LogP contribution in [0.4, 0.5) is 0 Å². The van der Waals surface area contributed by atoms with Crippen molar-refractivity contribution in [3.05, 3.63) is 58.5 Å². The number of aliphatic hydroxyl groups is 1.